The molecule has 0 spiro atoms. The molecule has 1 unspecified atom stereocenters. The van der Waals surface area contributed by atoms with E-state index in [0.29, 0.717) is 24.2 Å². The highest BCUT2D eigenvalue weighted by Crippen LogP contribution is 2.18. The number of carboxylic acids is 1. The van der Waals surface area contributed by atoms with Crippen LogP contribution in [0, 0.1) is 0 Å². The second-order valence-electron chi connectivity index (χ2n) is 4.55. The predicted molar refractivity (Wildman–Crippen MR) is 74.0 cm³/mol. The Kier molecular flexibility index (Phi) is 4.74. The third-order valence-corrected chi connectivity index (χ3v) is 2.82. The molecular weight excluding hydrogens is 246 g/mol. The van der Waals surface area contributed by atoms with Gasteiger partial charge in [-0.2, -0.15) is 0 Å². The lowest BCUT2D eigenvalue weighted by Gasteiger charge is -2.26. The van der Waals surface area contributed by atoms with Crippen LogP contribution in [0.25, 0.3) is 0 Å². The van der Waals surface area contributed by atoms with E-state index < -0.39 is 17.5 Å². The van der Waals surface area contributed by atoms with E-state index in [1.807, 2.05) is 6.92 Å². The number of anilines is 2. The van der Waals surface area contributed by atoms with Crippen LogP contribution in [0.5, 0.6) is 0 Å². The minimum Gasteiger partial charge on any atom is -0.480 e. The number of benzene rings is 1. The fourth-order valence-electron chi connectivity index (χ4n) is 1.74. The Morgan fingerprint density at radius 3 is 2.53 bits per heavy atom. The lowest BCUT2D eigenvalue weighted by molar-refractivity contribution is -0.143. The van der Waals surface area contributed by atoms with E-state index in [9.17, 15) is 9.59 Å². The summed E-state index contributed by atoms with van der Waals surface area (Å²) >= 11 is 0. The van der Waals surface area contributed by atoms with Gasteiger partial charge in [-0.15, -0.1) is 0 Å². The highest BCUT2D eigenvalue weighted by molar-refractivity contribution is 5.95. The summed E-state index contributed by atoms with van der Waals surface area (Å²) in [6.07, 6.45) is 0.997. The Labute approximate surface area is 112 Å². The second kappa shape index (κ2) is 6.08. The maximum Gasteiger partial charge on any atom is 0.329 e. The molecule has 6 nitrogen and oxygen atoms in total. The van der Waals surface area contributed by atoms with Gasteiger partial charge < -0.3 is 21.5 Å². The number of carboxylic acid groups (broad SMARTS) is 1. The average Bonchev–Trinajstić information content (AvgIpc) is 2.32. The zero-order valence-corrected chi connectivity index (χ0v) is 11.1. The molecule has 0 aromatic heterocycles. The molecule has 1 atom stereocenters. The molecule has 19 heavy (non-hydrogen) atoms. The summed E-state index contributed by atoms with van der Waals surface area (Å²) < 4.78 is 0. The zero-order chi connectivity index (χ0) is 14.5. The maximum atomic E-state index is 11.8. The van der Waals surface area contributed by atoms with Crippen molar-refractivity contribution in [2.45, 2.75) is 32.2 Å². The lowest BCUT2D eigenvalue weighted by Crippen LogP contribution is -2.53. The number of carbonyl (C=O) groups is 2. The van der Waals surface area contributed by atoms with Crippen molar-refractivity contribution in [3.8, 4) is 0 Å². The summed E-state index contributed by atoms with van der Waals surface area (Å²) in [5.41, 5.74) is 5.27. The topological polar surface area (TPSA) is 104 Å². The molecule has 6 heteroatoms. The van der Waals surface area contributed by atoms with Crippen LogP contribution in [0.3, 0.4) is 0 Å². The fraction of sp³-hybridized carbons (Fsp3) is 0.385. The molecule has 0 bridgehead atoms. The molecule has 5 N–H and O–H groups in total. The van der Waals surface area contributed by atoms with Crippen molar-refractivity contribution in [2.75, 3.05) is 11.1 Å². The van der Waals surface area contributed by atoms with E-state index in [4.69, 9.17) is 10.8 Å². The van der Waals surface area contributed by atoms with Crippen LogP contribution in [0.4, 0.5) is 16.2 Å². The molecule has 2 amide bonds. The van der Waals surface area contributed by atoms with Gasteiger partial charge in [0.05, 0.1) is 11.4 Å². The van der Waals surface area contributed by atoms with Crippen molar-refractivity contribution >= 4 is 23.4 Å². The number of amides is 2. The first-order chi connectivity index (χ1) is 8.89. The second-order valence-corrected chi connectivity index (χ2v) is 4.55. The smallest absolute Gasteiger partial charge is 0.329 e. The Morgan fingerprint density at radius 2 is 2.00 bits per heavy atom. The van der Waals surface area contributed by atoms with Crippen LogP contribution in [-0.2, 0) is 4.79 Å². The first-order valence-corrected chi connectivity index (χ1v) is 6.06. The van der Waals surface area contributed by atoms with Gasteiger partial charge in [0.15, 0.2) is 0 Å². The molecule has 0 aliphatic carbocycles. The monoisotopic (exact) mass is 265 g/mol. The van der Waals surface area contributed by atoms with Gasteiger partial charge >= 0.3 is 12.0 Å². The Balaban J connectivity index is 2.74. The van der Waals surface area contributed by atoms with E-state index in [1.165, 1.54) is 6.92 Å². The summed E-state index contributed by atoms with van der Waals surface area (Å²) in [6.45, 7) is 3.34. The molecule has 0 aliphatic heterocycles. The quantitative estimate of drug-likeness (QED) is 0.611. The fourth-order valence-corrected chi connectivity index (χ4v) is 1.74. The van der Waals surface area contributed by atoms with E-state index in [0.717, 1.165) is 0 Å². The maximum absolute atomic E-state index is 11.8. The largest absolute Gasteiger partial charge is 0.480 e. The standard InChI is InChI=1S/C13H19N3O3/c1-3-8-13(2,11(17)18)16-12(19)15-10-7-5-4-6-9(10)14/h4-7H,3,8,14H2,1-2H3,(H,17,18)(H2,15,16,19). The highest BCUT2D eigenvalue weighted by atomic mass is 16.4. The average molecular weight is 265 g/mol. The summed E-state index contributed by atoms with van der Waals surface area (Å²) in [6, 6.07) is 6.19. The van der Waals surface area contributed by atoms with E-state index in [-0.39, 0.29) is 0 Å². The molecule has 0 radical (unpaired) electrons. The summed E-state index contributed by atoms with van der Waals surface area (Å²) in [4.78, 5) is 23.0. The number of hydrogen-bond donors (Lipinski definition) is 4. The number of nitrogens with two attached hydrogens (primary N) is 1. The van der Waals surface area contributed by atoms with Crippen LogP contribution in [0.15, 0.2) is 24.3 Å². The number of para-hydroxylation sites is 2. The van der Waals surface area contributed by atoms with Crippen LogP contribution in [0.2, 0.25) is 0 Å². The predicted octanol–water partition coefficient (Wildman–Crippen LogP) is 2.03. The summed E-state index contributed by atoms with van der Waals surface area (Å²) in [5, 5.41) is 14.2. The van der Waals surface area contributed by atoms with Gasteiger partial charge in [-0.05, 0) is 25.5 Å². The number of nitrogen functional groups attached to an aromatic ring is 1. The third kappa shape index (κ3) is 3.87. The lowest BCUT2D eigenvalue weighted by atomic mass is 9.97. The normalized spacial score (nSPS) is 13.4. The van der Waals surface area contributed by atoms with Gasteiger partial charge in [0, 0.05) is 0 Å². The van der Waals surface area contributed by atoms with Gasteiger partial charge in [0.25, 0.3) is 0 Å². The number of hydrogen-bond acceptors (Lipinski definition) is 3. The van der Waals surface area contributed by atoms with Gasteiger partial charge in [-0.25, -0.2) is 9.59 Å². The summed E-state index contributed by atoms with van der Waals surface area (Å²) in [5.74, 6) is -1.06. The molecule has 1 aromatic carbocycles. The van der Waals surface area contributed by atoms with Gasteiger partial charge in [0.2, 0.25) is 0 Å². The number of urea groups is 1. The molecule has 0 saturated heterocycles. The highest BCUT2D eigenvalue weighted by Gasteiger charge is 2.33. The van der Waals surface area contributed by atoms with Crippen LogP contribution < -0.4 is 16.4 Å². The molecule has 0 aliphatic rings. The van der Waals surface area contributed by atoms with Gasteiger partial charge in [-0.3, -0.25) is 0 Å². The van der Waals surface area contributed by atoms with Crippen molar-refractivity contribution < 1.29 is 14.7 Å². The van der Waals surface area contributed by atoms with Crippen LogP contribution in [0.1, 0.15) is 26.7 Å². The number of nitrogens with one attached hydrogen (secondary N) is 2. The molecular formula is C13H19N3O3. The minimum absolute atomic E-state index is 0.347. The zero-order valence-electron chi connectivity index (χ0n) is 11.1. The number of carbonyl (C=O) groups excluding carboxylic acids is 1. The van der Waals surface area contributed by atoms with Crippen molar-refractivity contribution in [2.24, 2.45) is 0 Å². The molecule has 104 valence electrons. The Bertz CT molecular complexity index is 476. The number of aliphatic carboxylic acids is 1. The van der Waals surface area contributed by atoms with Crippen molar-refractivity contribution in [3.63, 3.8) is 0 Å². The van der Waals surface area contributed by atoms with Crippen LogP contribution >= 0.6 is 0 Å². The van der Waals surface area contributed by atoms with Gasteiger partial charge in [0.1, 0.15) is 5.54 Å². The minimum atomic E-state index is -1.29. The van der Waals surface area contributed by atoms with E-state index >= 15 is 0 Å². The van der Waals surface area contributed by atoms with Crippen molar-refractivity contribution in [1.29, 1.82) is 0 Å². The SMILES string of the molecule is CCCC(C)(NC(=O)Nc1ccccc1N)C(=O)O. The number of rotatable bonds is 5. The van der Waals surface area contributed by atoms with E-state index in [1.54, 1.807) is 24.3 Å². The first-order valence-electron chi connectivity index (χ1n) is 6.06. The third-order valence-electron chi connectivity index (χ3n) is 2.82. The van der Waals surface area contributed by atoms with Gasteiger partial charge in [-0.1, -0.05) is 25.5 Å². The molecule has 0 saturated carbocycles. The molecule has 0 fully saturated rings. The molecule has 1 rings (SSSR count). The Morgan fingerprint density at radius 1 is 1.37 bits per heavy atom. The van der Waals surface area contributed by atoms with E-state index in [2.05, 4.69) is 10.6 Å². The van der Waals surface area contributed by atoms with Crippen LogP contribution in [-0.4, -0.2) is 22.6 Å². The van der Waals surface area contributed by atoms with Crippen molar-refractivity contribution in [3.05, 3.63) is 24.3 Å². The molecule has 1 aromatic rings. The molecule has 0 heterocycles. The van der Waals surface area contributed by atoms with Crippen molar-refractivity contribution in [1.82, 2.24) is 5.32 Å². The Hall–Kier alpha value is -2.24. The first kappa shape index (κ1) is 14.8. The summed E-state index contributed by atoms with van der Waals surface area (Å²) in [7, 11) is 0.